The molecule has 1 aromatic carbocycles. The Morgan fingerprint density at radius 3 is 2.12 bits per heavy atom. The van der Waals surface area contributed by atoms with Crippen molar-refractivity contribution in [3.05, 3.63) is 46.6 Å². The Labute approximate surface area is 103 Å². The van der Waals surface area contributed by atoms with E-state index in [1.165, 1.54) is 16.7 Å². The van der Waals surface area contributed by atoms with Gasteiger partial charge in [-0.05, 0) is 50.5 Å². The molecule has 2 N–H and O–H groups in total. The topological polar surface area (TPSA) is 38.9 Å². The van der Waals surface area contributed by atoms with Crippen molar-refractivity contribution < 1.29 is 0 Å². The van der Waals surface area contributed by atoms with E-state index in [1.807, 2.05) is 19.2 Å². The SMILES string of the molecule is Cc1cc(C)c(-c2nccc(C)c2N)c(C)c1. The Kier molecular flexibility index (Phi) is 2.88. The van der Waals surface area contributed by atoms with Gasteiger partial charge in [0.25, 0.3) is 0 Å². The van der Waals surface area contributed by atoms with E-state index in [0.717, 1.165) is 22.5 Å². The maximum absolute atomic E-state index is 6.13. The largest absolute Gasteiger partial charge is 0.397 e. The average molecular weight is 226 g/mol. The van der Waals surface area contributed by atoms with Crippen molar-refractivity contribution in [1.29, 1.82) is 0 Å². The van der Waals surface area contributed by atoms with Gasteiger partial charge in [-0.3, -0.25) is 4.98 Å². The van der Waals surface area contributed by atoms with Crippen molar-refractivity contribution >= 4 is 5.69 Å². The Balaban J connectivity index is 2.73. The third-order valence-corrected chi connectivity index (χ3v) is 3.12. The van der Waals surface area contributed by atoms with E-state index in [2.05, 4.69) is 37.9 Å². The summed E-state index contributed by atoms with van der Waals surface area (Å²) in [5, 5.41) is 0. The molecule has 2 heteroatoms. The van der Waals surface area contributed by atoms with Crippen molar-refractivity contribution in [1.82, 2.24) is 4.98 Å². The second-order valence-electron chi connectivity index (χ2n) is 4.66. The highest BCUT2D eigenvalue weighted by molar-refractivity contribution is 5.79. The molecule has 1 aromatic heterocycles. The van der Waals surface area contributed by atoms with Crippen LogP contribution in [0.5, 0.6) is 0 Å². The van der Waals surface area contributed by atoms with Crippen LogP contribution in [0.4, 0.5) is 5.69 Å². The van der Waals surface area contributed by atoms with Crippen LogP contribution < -0.4 is 5.73 Å². The van der Waals surface area contributed by atoms with Crippen LogP contribution in [0.2, 0.25) is 0 Å². The van der Waals surface area contributed by atoms with Gasteiger partial charge in [0.1, 0.15) is 0 Å². The highest BCUT2D eigenvalue weighted by atomic mass is 14.7. The molecule has 2 rings (SSSR count). The first-order chi connectivity index (χ1) is 8.00. The van der Waals surface area contributed by atoms with Gasteiger partial charge < -0.3 is 5.73 Å². The van der Waals surface area contributed by atoms with Gasteiger partial charge in [0.2, 0.25) is 0 Å². The molecule has 0 amide bonds. The van der Waals surface area contributed by atoms with Gasteiger partial charge in [0.05, 0.1) is 11.4 Å². The van der Waals surface area contributed by atoms with Crippen molar-refractivity contribution in [2.24, 2.45) is 0 Å². The lowest BCUT2D eigenvalue weighted by Gasteiger charge is -2.13. The smallest absolute Gasteiger partial charge is 0.0939 e. The summed E-state index contributed by atoms with van der Waals surface area (Å²) in [6.45, 7) is 8.34. The van der Waals surface area contributed by atoms with Gasteiger partial charge >= 0.3 is 0 Å². The van der Waals surface area contributed by atoms with Crippen LogP contribution in [0.1, 0.15) is 22.3 Å². The monoisotopic (exact) mass is 226 g/mol. The van der Waals surface area contributed by atoms with E-state index in [0.29, 0.717) is 0 Å². The number of pyridine rings is 1. The van der Waals surface area contributed by atoms with E-state index in [9.17, 15) is 0 Å². The van der Waals surface area contributed by atoms with E-state index < -0.39 is 0 Å². The summed E-state index contributed by atoms with van der Waals surface area (Å²) in [6, 6.07) is 6.29. The summed E-state index contributed by atoms with van der Waals surface area (Å²) >= 11 is 0. The van der Waals surface area contributed by atoms with Crippen LogP contribution in [-0.4, -0.2) is 4.98 Å². The molecule has 0 atom stereocenters. The molecule has 0 aliphatic heterocycles. The molecule has 0 unspecified atom stereocenters. The highest BCUT2D eigenvalue weighted by Gasteiger charge is 2.11. The highest BCUT2D eigenvalue weighted by Crippen LogP contribution is 2.31. The Hall–Kier alpha value is -1.83. The molecule has 0 bridgehead atoms. The van der Waals surface area contributed by atoms with Crippen molar-refractivity contribution in [2.45, 2.75) is 27.7 Å². The third-order valence-electron chi connectivity index (χ3n) is 3.12. The van der Waals surface area contributed by atoms with E-state index in [-0.39, 0.29) is 0 Å². The number of nitrogens with zero attached hydrogens (tertiary/aromatic N) is 1. The molecule has 0 saturated carbocycles. The molecule has 0 aliphatic carbocycles. The predicted octanol–water partition coefficient (Wildman–Crippen LogP) is 3.56. The minimum atomic E-state index is 0.780. The molecule has 88 valence electrons. The van der Waals surface area contributed by atoms with E-state index >= 15 is 0 Å². The number of nitrogens with two attached hydrogens (primary N) is 1. The lowest BCUT2D eigenvalue weighted by atomic mass is 9.95. The fourth-order valence-corrected chi connectivity index (χ4v) is 2.32. The van der Waals surface area contributed by atoms with Gasteiger partial charge in [-0.25, -0.2) is 0 Å². The molecular formula is C15H18N2. The molecule has 17 heavy (non-hydrogen) atoms. The number of rotatable bonds is 1. The molecule has 0 aliphatic rings. The van der Waals surface area contributed by atoms with Gasteiger partial charge in [0.15, 0.2) is 0 Å². The number of anilines is 1. The maximum atomic E-state index is 6.13. The number of aromatic nitrogens is 1. The Morgan fingerprint density at radius 2 is 1.53 bits per heavy atom. The van der Waals surface area contributed by atoms with Crippen LogP contribution in [-0.2, 0) is 0 Å². The number of benzene rings is 1. The molecular weight excluding hydrogens is 208 g/mol. The molecule has 0 saturated heterocycles. The van der Waals surface area contributed by atoms with Gasteiger partial charge in [-0.1, -0.05) is 17.7 Å². The molecule has 0 spiro atoms. The zero-order valence-electron chi connectivity index (χ0n) is 10.8. The first-order valence-electron chi connectivity index (χ1n) is 5.80. The van der Waals surface area contributed by atoms with Gasteiger partial charge in [-0.15, -0.1) is 0 Å². The van der Waals surface area contributed by atoms with Crippen LogP contribution in [0, 0.1) is 27.7 Å². The summed E-state index contributed by atoms with van der Waals surface area (Å²) in [5.41, 5.74) is 13.8. The minimum absolute atomic E-state index is 0.780. The molecule has 2 aromatic rings. The van der Waals surface area contributed by atoms with Crippen molar-refractivity contribution in [3.63, 3.8) is 0 Å². The second kappa shape index (κ2) is 4.21. The maximum Gasteiger partial charge on any atom is 0.0939 e. The summed E-state index contributed by atoms with van der Waals surface area (Å²) < 4.78 is 0. The number of hydrogen-bond donors (Lipinski definition) is 1. The van der Waals surface area contributed by atoms with Crippen LogP contribution in [0.15, 0.2) is 24.4 Å². The zero-order chi connectivity index (χ0) is 12.6. The van der Waals surface area contributed by atoms with Gasteiger partial charge in [-0.2, -0.15) is 0 Å². The Morgan fingerprint density at radius 1 is 0.941 bits per heavy atom. The van der Waals surface area contributed by atoms with Crippen LogP contribution in [0.25, 0.3) is 11.3 Å². The molecule has 0 fully saturated rings. The van der Waals surface area contributed by atoms with E-state index in [4.69, 9.17) is 5.73 Å². The molecule has 2 nitrogen and oxygen atoms in total. The average Bonchev–Trinajstić information content (AvgIpc) is 2.23. The normalized spacial score (nSPS) is 10.6. The number of hydrogen-bond acceptors (Lipinski definition) is 2. The lowest BCUT2D eigenvalue weighted by molar-refractivity contribution is 1.25. The third kappa shape index (κ3) is 2.03. The quantitative estimate of drug-likeness (QED) is 0.807. The second-order valence-corrected chi connectivity index (χ2v) is 4.66. The predicted molar refractivity (Wildman–Crippen MR) is 73.0 cm³/mol. The van der Waals surface area contributed by atoms with Crippen molar-refractivity contribution in [2.75, 3.05) is 5.73 Å². The fourth-order valence-electron chi connectivity index (χ4n) is 2.32. The van der Waals surface area contributed by atoms with Crippen molar-refractivity contribution in [3.8, 4) is 11.3 Å². The fraction of sp³-hybridized carbons (Fsp3) is 0.267. The van der Waals surface area contributed by atoms with E-state index in [1.54, 1.807) is 0 Å². The summed E-state index contributed by atoms with van der Waals surface area (Å²) in [7, 11) is 0. The first-order valence-corrected chi connectivity index (χ1v) is 5.80. The van der Waals surface area contributed by atoms with Crippen LogP contribution >= 0.6 is 0 Å². The summed E-state index contributed by atoms with van der Waals surface area (Å²) in [4.78, 5) is 4.44. The standard InChI is InChI=1S/C15H18N2/c1-9-7-11(3)13(12(4)8-9)15-14(16)10(2)5-6-17-15/h5-8H,16H2,1-4H3. The molecule has 0 radical (unpaired) electrons. The summed E-state index contributed by atoms with van der Waals surface area (Å²) in [5.74, 6) is 0. The number of nitrogen functional groups attached to an aromatic ring is 1. The van der Waals surface area contributed by atoms with Gasteiger partial charge in [0, 0.05) is 11.8 Å². The van der Waals surface area contributed by atoms with Crippen LogP contribution in [0.3, 0.4) is 0 Å². The summed E-state index contributed by atoms with van der Waals surface area (Å²) in [6.07, 6.45) is 1.82. The number of aryl methyl sites for hydroxylation is 4. The first kappa shape index (κ1) is 11.6. The minimum Gasteiger partial charge on any atom is -0.397 e. The molecule has 1 heterocycles. The lowest BCUT2D eigenvalue weighted by Crippen LogP contribution is -1.99. The Bertz CT molecular complexity index is 548. The zero-order valence-corrected chi connectivity index (χ0v) is 10.8.